The molecule has 0 saturated heterocycles. The Labute approximate surface area is 124 Å². The van der Waals surface area contributed by atoms with Crippen LogP contribution < -0.4 is 0 Å². The van der Waals surface area contributed by atoms with Crippen LogP contribution in [-0.2, 0) is 0 Å². The fourth-order valence-corrected chi connectivity index (χ4v) is 4.79. The summed E-state index contributed by atoms with van der Waals surface area (Å²) in [5, 5.41) is 11.1. The lowest BCUT2D eigenvalue weighted by molar-refractivity contribution is 0.0289. The molecule has 3 rings (SSSR count). The molecule has 2 unspecified atom stereocenters. The van der Waals surface area contributed by atoms with Gasteiger partial charge in [-0.25, -0.2) is 0 Å². The van der Waals surface area contributed by atoms with Crippen molar-refractivity contribution in [3.8, 4) is 0 Å². The molecule has 2 atom stereocenters. The minimum Gasteiger partial charge on any atom is -0.388 e. The molecule has 1 heteroatoms. The van der Waals surface area contributed by atoms with E-state index in [1.165, 1.54) is 69.8 Å². The molecule has 0 bridgehead atoms. The minimum atomic E-state index is -0.237. The topological polar surface area (TPSA) is 20.2 Å². The summed E-state index contributed by atoms with van der Waals surface area (Å²) in [6, 6.07) is 0. The number of aliphatic hydroxyl groups excluding tert-OH is 1. The molecule has 0 aromatic carbocycles. The molecule has 0 aromatic rings. The summed E-state index contributed by atoms with van der Waals surface area (Å²) >= 11 is 0. The Balaban J connectivity index is 1.77. The monoisotopic (exact) mass is 274 g/mol. The number of hydrogen-bond acceptors (Lipinski definition) is 1. The van der Waals surface area contributed by atoms with Gasteiger partial charge in [0.15, 0.2) is 0 Å². The van der Waals surface area contributed by atoms with Crippen LogP contribution >= 0.6 is 0 Å². The van der Waals surface area contributed by atoms with E-state index >= 15 is 0 Å². The molecule has 2 fully saturated rings. The third-order valence-electron chi connectivity index (χ3n) is 6.21. The first-order chi connectivity index (χ1) is 9.72. The van der Waals surface area contributed by atoms with Gasteiger partial charge >= 0.3 is 0 Å². The number of allylic oxidation sites excluding steroid dienone is 2. The van der Waals surface area contributed by atoms with Gasteiger partial charge < -0.3 is 5.11 Å². The zero-order valence-corrected chi connectivity index (χ0v) is 13.0. The lowest BCUT2D eigenvalue weighted by Crippen LogP contribution is -2.42. The maximum Gasteiger partial charge on any atom is 0.0846 e. The van der Waals surface area contributed by atoms with Gasteiger partial charge in [-0.2, -0.15) is 0 Å². The van der Waals surface area contributed by atoms with Crippen molar-refractivity contribution in [2.45, 2.75) is 77.2 Å². The second-order valence-electron chi connectivity index (χ2n) is 7.46. The molecule has 0 heterocycles. The molecule has 0 aromatic heterocycles. The molecule has 0 amide bonds. The Hall–Kier alpha value is -0.560. The van der Waals surface area contributed by atoms with E-state index in [4.69, 9.17) is 0 Å². The van der Waals surface area contributed by atoms with Crippen LogP contribution in [0.1, 0.15) is 71.1 Å². The normalized spacial score (nSPS) is 36.9. The predicted molar refractivity (Wildman–Crippen MR) is 84.5 cm³/mol. The zero-order chi connectivity index (χ0) is 14.0. The van der Waals surface area contributed by atoms with Crippen molar-refractivity contribution >= 4 is 0 Å². The van der Waals surface area contributed by atoms with Gasteiger partial charge in [0.25, 0.3) is 0 Å². The molecule has 0 spiro atoms. The van der Waals surface area contributed by atoms with E-state index in [0.717, 1.165) is 0 Å². The van der Waals surface area contributed by atoms with E-state index in [1.807, 2.05) is 0 Å². The van der Waals surface area contributed by atoms with Gasteiger partial charge in [-0.15, -0.1) is 0 Å². The van der Waals surface area contributed by atoms with E-state index in [0.29, 0.717) is 11.8 Å². The Morgan fingerprint density at radius 3 is 2.20 bits per heavy atom. The SMILES string of the molecule is CC1(C2CCCCC2)C=CC=C(C2CCCCC2)C1O. The van der Waals surface area contributed by atoms with Crippen molar-refractivity contribution in [1.29, 1.82) is 0 Å². The molecular formula is C19H30O. The summed E-state index contributed by atoms with van der Waals surface area (Å²) in [5.41, 5.74) is 1.34. The largest absolute Gasteiger partial charge is 0.388 e. The van der Waals surface area contributed by atoms with E-state index in [9.17, 15) is 5.11 Å². The second kappa shape index (κ2) is 6.05. The minimum absolute atomic E-state index is 0.0120. The highest BCUT2D eigenvalue weighted by atomic mass is 16.3. The molecule has 0 radical (unpaired) electrons. The van der Waals surface area contributed by atoms with Crippen LogP contribution in [0.15, 0.2) is 23.8 Å². The van der Waals surface area contributed by atoms with Crippen LogP contribution in [0.2, 0.25) is 0 Å². The number of hydrogen-bond donors (Lipinski definition) is 1. The fraction of sp³-hybridized carbons (Fsp3) is 0.789. The molecule has 0 aliphatic heterocycles. The van der Waals surface area contributed by atoms with Crippen LogP contribution in [0.4, 0.5) is 0 Å². The smallest absolute Gasteiger partial charge is 0.0846 e. The van der Waals surface area contributed by atoms with Crippen LogP contribution in [0.5, 0.6) is 0 Å². The fourth-order valence-electron chi connectivity index (χ4n) is 4.79. The van der Waals surface area contributed by atoms with Crippen LogP contribution in [0, 0.1) is 17.3 Å². The van der Waals surface area contributed by atoms with Crippen molar-refractivity contribution in [3.63, 3.8) is 0 Å². The van der Waals surface area contributed by atoms with Crippen molar-refractivity contribution in [2.75, 3.05) is 0 Å². The summed E-state index contributed by atoms with van der Waals surface area (Å²) in [6.07, 6.45) is 19.9. The van der Waals surface area contributed by atoms with Gasteiger partial charge in [0.05, 0.1) is 6.10 Å². The summed E-state index contributed by atoms with van der Waals surface area (Å²) in [5.74, 6) is 1.32. The van der Waals surface area contributed by atoms with Crippen LogP contribution in [-0.4, -0.2) is 11.2 Å². The van der Waals surface area contributed by atoms with Crippen molar-refractivity contribution < 1.29 is 5.11 Å². The summed E-state index contributed by atoms with van der Waals surface area (Å²) < 4.78 is 0. The van der Waals surface area contributed by atoms with Gasteiger partial charge in [-0.3, -0.25) is 0 Å². The highest BCUT2D eigenvalue weighted by Gasteiger charge is 2.43. The molecule has 112 valence electrons. The van der Waals surface area contributed by atoms with Crippen LogP contribution in [0.3, 0.4) is 0 Å². The van der Waals surface area contributed by atoms with Crippen molar-refractivity contribution in [1.82, 2.24) is 0 Å². The van der Waals surface area contributed by atoms with Gasteiger partial charge in [0.2, 0.25) is 0 Å². The average Bonchev–Trinajstić information content (AvgIpc) is 2.52. The first-order valence-corrected chi connectivity index (χ1v) is 8.79. The quantitative estimate of drug-likeness (QED) is 0.750. The first kappa shape index (κ1) is 14.4. The third kappa shape index (κ3) is 2.62. The van der Waals surface area contributed by atoms with Gasteiger partial charge in [0, 0.05) is 5.41 Å². The van der Waals surface area contributed by atoms with Gasteiger partial charge in [-0.1, -0.05) is 63.7 Å². The lowest BCUT2D eigenvalue weighted by Gasteiger charge is -2.45. The summed E-state index contributed by atoms with van der Waals surface area (Å²) in [4.78, 5) is 0. The molecule has 1 nitrogen and oxygen atoms in total. The number of aliphatic hydroxyl groups is 1. The van der Waals surface area contributed by atoms with Crippen molar-refractivity contribution in [3.05, 3.63) is 23.8 Å². The summed E-state index contributed by atoms with van der Waals surface area (Å²) in [7, 11) is 0. The average molecular weight is 274 g/mol. The van der Waals surface area contributed by atoms with E-state index < -0.39 is 0 Å². The van der Waals surface area contributed by atoms with Gasteiger partial charge in [-0.05, 0) is 43.1 Å². The van der Waals surface area contributed by atoms with Gasteiger partial charge in [0.1, 0.15) is 0 Å². The summed E-state index contributed by atoms with van der Waals surface area (Å²) in [6.45, 7) is 2.31. The van der Waals surface area contributed by atoms with E-state index in [2.05, 4.69) is 25.2 Å². The highest BCUT2D eigenvalue weighted by Crippen LogP contribution is 2.48. The molecule has 2 saturated carbocycles. The Bertz CT molecular complexity index is 383. The molecule has 3 aliphatic carbocycles. The molecule has 3 aliphatic rings. The maximum atomic E-state index is 11.1. The first-order valence-electron chi connectivity index (χ1n) is 8.79. The second-order valence-corrected chi connectivity index (χ2v) is 7.46. The Morgan fingerprint density at radius 1 is 0.950 bits per heavy atom. The highest BCUT2D eigenvalue weighted by molar-refractivity contribution is 5.31. The van der Waals surface area contributed by atoms with Crippen molar-refractivity contribution in [2.24, 2.45) is 17.3 Å². The Kier molecular flexibility index (Phi) is 4.35. The third-order valence-corrected chi connectivity index (χ3v) is 6.21. The number of rotatable bonds is 2. The predicted octanol–water partition coefficient (Wildman–Crippen LogP) is 5.01. The Morgan fingerprint density at radius 2 is 1.55 bits per heavy atom. The molecule has 1 N–H and O–H groups in total. The molecule has 20 heavy (non-hydrogen) atoms. The van der Waals surface area contributed by atoms with E-state index in [-0.39, 0.29) is 11.5 Å². The maximum absolute atomic E-state index is 11.1. The zero-order valence-electron chi connectivity index (χ0n) is 13.0. The lowest BCUT2D eigenvalue weighted by atomic mass is 9.62. The standard InChI is InChI=1S/C19H30O/c1-19(16-11-6-3-7-12-16)14-8-13-17(18(19)20)15-9-4-2-5-10-15/h8,13-16,18,20H,2-7,9-12H2,1H3. The van der Waals surface area contributed by atoms with E-state index in [1.54, 1.807) is 0 Å². The van der Waals surface area contributed by atoms with Crippen LogP contribution in [0.25, 0.3) is 0 Å². The molecular weight excluding hydrogens is 244 g/mol.